The molecule has 0 bridgehead atoms. The highest BCUT2D eigenvalue weighted by Crippen LogP contribution is 2.33. The van der Waals surface area contributed by atoms with Gasteiger partial charge in [0.2, 0.25) is 5.91 Å². The van der Waals surface area contributed by atoms with Crippen LogP contribution in [0.2, 0.25) is 0 Å². The number of carbonyl (C=O) groups excluding carboxylic acids is 2. The summed E-state index contributed by atoms with van der Waals surface area (Å²) in [6.45, 7) is 8.10. The van der Waals surface area contributed by atoms with Gasteiger partial charge in [0.25, 0.3) is 5.91 Å². The molecule has 1 aromatic rings. The van der Waals surface area contributed by atoms with Gasteiger partial charge in [0.1, 0.15) is 16.6 Å². The van der Waals surface area contributed by atoms with E-state index >= 15 is 0 Å². The fraction of sp³-hybridized carbons (Fsp3) is 0.450. The van der Waals surface area contributed by atoms with Crippen molar-refractivity contribution in [2.24, 2.45) is 0 Å². The number of hydrogen-bond acceptors (Lipinski definition) is 6. The molecule has 152 valence electrons. The molecule has 1 aliphatic heterocycles. The highest BCUT2D eigenvalue weighted by molar-refractivity contribution is 8.26. The maximum Gasteiger partial charge on any atom is 0.266 e. The van der Waals surface area contributed by atoms with Crippen LogP contribution in [0.1, 0.15) is 33.3 Å². The van der Waals surface area contributed by atoms with Gasteiger partial charge in [0, 0.05) is 12.1 Å². The van der Waals surface area contributed by atoms with E-state index in [1.807, 2.05) is 52.0 Å². The normalized spacial score (nSPS) is 16.0. The zero-order valence-electron chi connectivity index (χ0n) is 16.6. The third-order valence-corrected chi connectivity index (χ3v) is 5.47. The van der Waals surface area contributed by atoms with Crippen LogP contribution in [-0.2, 0) is 9.59 Å². The van der Waals surface area contributed by atoms with Crippen LogP contribution in [0.3, 0.4) is 0 Å². The topological polar surface area (TPSA) is 70.1 Å². The summed E-state index contributed by atoms with van der Waals surface area (Å²) in [4.78, 5) is 28.8. The second-order valence-corrected chi connectivity index (χ2v) is 8.89. The Kier molecular flexibility index (Phi) is 7.63. The van der Waals surface area contributed by atoms with E-state index in [2.05, 4.69) is 0 Å². The molecule has 0 saturated carbocycles. The second-order valence-electron chi connectivity index (χ2n) is 7.21. The van der Waals surface area contributed by atoms with Crippen molar-refractivity contribution in [3.05, 3.63) is 34.7 Å². The molecular formula is C20H26N2O4S2. The Hall–Kier alpha value is -1.90. The quantitative estimate of drug-likeness (QED) is 0.538. The lowest BCUT2D eigenvalue weighted by molar-refractivity contribution is -0.139. The summed E-state index contributed by atoms with van der Waals surface area (Å²) in [5.74, 6) is 0.235. The van der Waals surface area contributed by atoms with E-state index in [1.165, 1.54) is 16.7 Å². The molecule has 0 spiro atoms. The summed E-state index contributed by atoms with van der Waals surface area (Å²) in [5, 5.41) is 9.25. The first-order valence-electron chi connectivity index (χ1n) is 9.07. The molecule has 0 aromatic heterocycles. The molecule has 2 amide bonds. The van der Waals surface area contributed by atoms with E-state index in [9.17, 15) is 14.7 Å². The molecule has 6 nitrogen and oxygen atoms in total. The molecule has 0 radical (unpaired) electrons. The van der Waals surface area contributed by atoms with Gasteiger partial charge in [-0.25, -0.2) is 0 Å². The van der Waals surface area contributed by atoms with Gasteiger partial charge in [-0.2, -0.15) is 0 Å². The average molecular weight is 423 g/mol. The minimum Gasteiger partial charge on any atom is -0.494 e. The van der Waals surface area contributed by atoms with Crippen LogP contribution < -0.4 is 4.74 Å². The Bertz CT molecular complexity index is 769. The number of nitrogens with zero attached hydrogens (tertiary/aromatic N) is 2. The zero-order chi connectivity index (χ0) is 20.9. The van der Waals surface area contributed by atoms with Crippen molar-refractivity contribution in [1.29, 1.82) is 0 Å². The van der Waals surface area contributed by atoms with E-state index in [0.717, 1.165) is 11.3 Å². The largest absolute Gasteiger partial charge is 0.494 e. The van der Waals surface area contributed by atoms with Gasteiger partial charge in [-0.15, -0.1) is 0 Å². The van der Waals surface area contributed by atoms with Crippen LogP contribution in [0.5, 0.6) is 5.75 Å². The third-order valence-electron chi connectivity index (χ3n) is 4.09. The predicted molar refractivity (Wildman–Crippen MR) is 116 cm³/mol. The number of aliphatic hydroxyl groups excluding tert-OH is 1. The summed E-state index contributed by atoms with van der Waals surface area (Å²) in [6, 6.07) is 7.42. The van der Waals surface area contributed by atoms with E-state index in [-0.39, 0.29) is 31.5 Å². The number of rotatable bonds is 7. The molecule has 0 aliphatic carbocycles. The second kappa shape index (κ2) is 9.54. The lowest BCUT2D eigenvalue weighted by atomic mass is 10.1. The molecule has 1 heterocycles. The Labute approximate surface area is 175 Å². The van der Waals surface area contributed by atoms with E-state index in [0.29, 0.717) is 15.8 Å². The number of β-amino-alcohol motifs (C(OH)–C–C–N with tert-alkyl or cyclic N) is 1. The summed E-state index contributed by atoms with van der Waals surface area (Å²) in [6.07, 6.45) is 1.76. The molecule has 1 fully saturated rings. The van der Waals surface area contributed by atoms with Crippen molar-refractivity contribution < 1.29 is 19.4 Å². The number of amides is 2. The van der Waals surface area contributed by atoms with Crippen LogP contribution in [0.15, 0.2) is 29.2 Å². The van der Waals surface area contributed by atoms with Gasteiger partial charge in [-0.05, 0) is 51.5 Å². The minimum absolute atomic E-state index is 0.136. The smallest absolute Gasteiger partial charge is 0.266 e. The number of carbonyl (C=O) groups is 2. The van der Waals surface area contributed by atoms with Crippen molar-refractivity contribution in [3.8, 4) is 5.75 Å². The van der Waals surface area contributed by atoms with Crippen LogP contribution in [-0.4, -0.2) is 62.9 Å². The number of aliphatic hydroxyl groups is 1. The Morgan fingerprint density at radius 3 is 2.50 bits per heavy atom. The first-order chi connectivity index (χ1) is 13.2. The van der Waals surface area contributed by atoms with Crippen molar-refractivity contribution in [1.82, 2.24) is 9.80 Å². The lowest BCUT2D eigenvalue weighted by Crippen LogP contribution is -2.51. The molecule has 28 heavy (non-hydrogen) atoms. The summed E-state index contributed by atoms with van der Waals surface area (Å²) >= 11 is 6.50. The SMILES string of the molecule is CCOc1ccc(/C=C2/SC(=S)N(CC(=O)N(CCO)C(C)(C)C)C2=O)cc1. The molecule has 0 unspecified atom stereocenters. The number of thioether (sulfide) groups is 1. The third kappa shape index (κ3) is 5.56. The molecule has 1 N–H and O–H groups in total. The van der Waals surface area contributed by atoms with E-state index in [1.54, 1.807) is 11.0 Å². The minimum atomic E-state index is -0.460. The van der Waals surface area contributed by atoms with E-state index in [4.69, 9.17) is 17.0 Å². The molecular weight excluding hydrogens is 396 g/mol. The first kappa shape index (κ1) is 22.4. The molecule has 1 aliphatic rings. The molecule has 8 heteroatoms. The van der Waals surface area contributed by atoms with Gasteiger partial charge in [-0.3, -0.25) is 14.5 Å². The van der Waals surface area contributed by atoms with E-state index < -0.39 is 5.54 Å². The number of hydrogen-bond donors (Lipinski definition) is 1. The van der Waals surface area contributed by atoms with Crippen LogP contribution in [0, 0.1) is 0 Å². The number of thiocarbonyl (C=S) groups is 1. The van der Waals surface area contributed by atoms with Crippen molar-refractivity contribution in [2.45, 2.75) is 33.2 Å². The lowest BCUT2D eigenvalue weighted by Gasteiger charge is -2.36. The Balaban J connectivity index is 2.13. The van der Waals surface area contributed by atoms with Gasteiger partial charge >= 0.3 is 0 Å². The highest BCUT2D eigenvalue weighted by Gasteiger charge is 2.36. The summed E-state index contributed by atoms with van der Waals surface area (Å²) in [5.41, 5.74) is 0.394. The van der Waals surface area contributed by atoms with Gasteiger partial charge < -0.3 is 14.7 Å². The van der Waals surface area contributed by atoms with Crippen LogP contribution >= 0.6 is 24.0 Å². The fourth-order valence-electron chi connectivity index (χ4n) is 2.77. The summed E-state index contributed by atoms with van der Waals surface area (Å²) < 4.78 is 5.77. The maximum atomic E-state index is 12.8. The molecule has 1 aromatic carbocycles. The summed E-state index contributed by atoms with van der Waals surface area (Å²) in [7, 11) is 0. The molecule has 2 rings (SSSR count). The fourth-order valence-corrected chi connectivity index (χ4v) is 4.02. The number of benzene rings is 1. The van der Waals surface area contributed by atoms with Crippen molar-refractivity contribution >= 4 is 46.2 Å². The highest BCUT2D eigenvalue weighted by atomic mass is 32.2. The standard InChI is InChI=1S/C20H26N2O4S2/c1-5-26-15-8-6-14(7-9-15)12-16-18(25)21(19(27)28-16)13-17(24)22(10-11-23)20(2,3)4/h6-9,12,23H,5,10-11,13H2,1-4H3/b16-12+. The first-order valence-corrected chi connectivity index (χ1v) is 10.3. The zero-order valence-corrected chi connectivity index (χ0v) is 18.2. The Morgan fingerprint density at radius 2 is 1.96 bits per heavy atom. The molecule has 0 atom stereocenters. The monoisotopic (exact) mass is 422 g/mol. The van der Waals surface area contributed by atoms with Crippen molar-refractivity contribution in [2.75, 3.05) is 26.3 Å². The molecule has 1 saturated heterocycles. The van der Waals surface area contributed by atoms with Crippen LogP contribution in [0.4, 0.5) is 0 Å². The van der Waals surface area contributed by atoms with Gasteiger partial charge in [-0.1, -0.05) is 36.1 Å². The predicted octanol–water partition coefficient (Wildman–Crippen LogP) is 2.91. The van der Waals surface area contributed by atoms with Gasteiger partial charge in [0.15, 0.2) is 0 Å². The Morgan fingerprint density at radius 1 is 1.32 bits per heavy atom. The van der Waals surface area contributed by atoms with Crippen molar-refractivity contribution in [3.63, 3.8) is 0 Å². The maximum absolute atomic E-state index is 12.8. The average Bonchev–Trinajstić information content (AvgIpc) is 2.88. The van der Waals surface area contributed by atoms with Gasteiger partial charge in [0.05, 0.1) is 18.1 Å². The van der Waals surface area contributed by atoms with Crippen LogP contribution in [0.25, 0.3) is 6.08 Å². The number of ether oxygens (including phenoxy) is 1.